The monoisotopic (exact) mass is 384 g/mol. The molecule has 1 fully saturated rings. The molecule has 1 aliphatic rings. The van der Waals surface area contributed by atoms with Crippen LogP contribution in [0.3, 0.4) is 0 Å². The van der Waals surface area contributed by atoms with E-state index in [-0.39, 0.29) is 0 Å². The van der Waals surface area contributed by atoms with E-state index in [1.165, 1.54) is 24.9 Å². The van der Waals surface area contributed by atoms with Gasteiger partial charge in [-0.1, -0.05) is 0 Å². The predicted molar refractivity (Wildman–Crippen MR) is 113 cm³/mol. The van der Waals surface area contributed by atoms with Crippen LogP contribution >= 0.6 is 0 Å². The van der Waals surface area contributed by atoms with Gasteiger partial charge in [-0.3, -0.25) is 10.2 Å². The molecule has 0 atom stereocenters. The first-order valence-corrected chi connectivity index (χ1v) is 9.94. The molecule has 5 aromatic heterocycles. The molecule has 8 nitrogen and oxygen atoms in total. The van der Waals surface area contributed by atoms with Gasteiger partial charge in [0.2, 0.25) is 0 Å². The van der Waals surface area contributed by atoms with Gasteiger partial charge in [-0.25, -0.2) is 9.97 Å². The van der Waals surface area contributed by atoms with Gasteiger partial charge in [0.25, 0.3) is 0 Å². The van der Waals surface area contributed by atoms with Gasteiger partial charge >= 0.3 is 0 Å². The van der Waals surface area contributed by atoms with Crippen molar-refractivity contribution in [2.24, 2.45) is 0 Å². The second-order valence-corrected chi connectivity index (χ2v) is 7.47. The summed E-state index contributed by atoms with van der Waals surface area (Å²) in [5.41, 5.74) is 7.37. The lowest BCUT2D eigenvalue weighted by molar-refractivity contribution is 0.579. The Morgan fingerprint density at radius 2 is 1.97 bits per heavy atom. The van der Waals surface area contributed by atoms with Gasteiger partial charge < -0.3 is 9.88 Å². The smallest absolute Gasteiger partial charge is 0.139 e. The van der Waals surface area contributed by atoms with Gasteiger partial charge in [0.15, 0.2) is 0 Å². The third-order valence-electron chi connectivity index (χ3n) is 5.66. The SMILES string of the molecule is c1cc(N2CCCCC2)c2cc(-c3n[nH]c4ccc(-c5cn[nH]c5)nc34)[nH]c2n1. The molecule has 6 heterocycles. The summed E-state index contributed by atoms with van der Waals surface area (Å²) in [7, 11) is 0. The number of nitrogens with one attached hydrogen (secondary N) is 3. The molecule has 29 heavy (non-hydrogen) atoms. The first kappa shape index (κ1) is 16.3. The summed E-state index contributed by atoms with van der Waals surface area (Å²) in [4.78, 5) is 15.3. The molecule has 0 saturated carbocycles. The van der Waals surface area contributed by atoms with E-state index < -0.39 is 0 Å². The van der Waals surface area contributed by atoms with Gasteiger partial charge in [-0.2, -0.15) is 10.2 Å². The van der Waals surface area contributed by atoms with Crippen LogP contribution < -0.4 is 4.90 Å². The standard InChI is InChI=1S/C21H20N8/c1-2-8-29(9-3-1)18-6-7-22-21-14(18)10-17(26-21)20-19-16(27-28-20)5-4-15(25-19)13-11-23-24-12-13/h4-7,10-12H,1-3,8-9H2,(H,22,26)(H,23,24)(H,27,28). The second kappa shape index (κ2) is 6.44. The highest BCUT2D eigenvalue weighted by molar-refractivity contribution is 5.97. The molecule has 144 valence electrons. The Morgan fingerprint density at radius 1 is 1.03 bits per heavy atom. The minimum absolute atomic E-state index is 0.799. The molecule has 8 heteroatoms. The number of piperidine rings is 1. The number of aromatic nitrogens is 7. The van der Waals surface area contributed by atoms with Crippen LogP contribution in [0.1, 0.15) is 19.3 Å². The molecule has 5 aromatic rings. The molecule has 0 aromatic carbocycles. The number of rotatable bonds is 3. The fourth-order valence-corrected chi connectivity index (χ4v) is 4.19. The molecule has 3 N–H and O–H groups in total. The van der Waals surface area contributed by atoms with E-state index >= 15 is 0 Å². The maximum absolute atomic E-state index is 4.83. The van der Waals surface area contributed by atoms with Gasteiger partial charge in [0.1, 0.15) is 16.9 Å². The zero-order chi connectivity index (χ0) is 19.2. The number of nitrogens with zero attached hydrogens (tertiary/aromatic N) is 5. The zero-order valence-electron chi connectivity index (χ0n) is 15.8. The Kier molecular flexibility index (Phi) is 3.62. The number of hydrogen-bond donors (Lipinski definition) is 3. The van der Waals surface area contributed by atoms with E-state index in [0.717, 1.165) is 57.8 Å². The average molecular weight is 384 g/mol. The summed E-state index contributed by atoms with van der Waals surface area (Å²) in [6.07, 6.45) is 9.28. The highest BCUT2D eigenvalue weighted by Gasteiger charge is 2.18. The van der Waals surface area contributed by atoms with Crippen molar-refractivity contribution in [2.75, 3.05) is 18.0 Å². The Balaban J connectivity index is 1.48. The molecule has 0 bridgehead atoms. The van der Waals surface area contributed by atoms with E-state index in [9.17, 15) is 0 Å². The summed E-state index contributed by atoms with van der Waals surface area (Å²) in [5.74, 6) is 0. The molecule has 0 unspecified atom stereocenters. The number of H-pyrrole nitrogens is 3. The Morgan fingerprint density at radius 3 is 2.83 bits per heavy atom. The molecule has 0 spiro atoms. The first-order chi connectivity index (χ1) is 14.4. The van der Waals surface area contributed by atoms with Crippen molar-refractivity contribution in [1.29, 1.82) is 0 Å². The van der Waals surface area contributed by atoms with Crippen molar-refractivity contribution >= 4 is 27.8 Å². The van der Waals surface area contributed by atoms with Crippen molar-refractivity contribution in [3.05, 3.63) is 42.9 Å². The zero-order valence-corrected chi connectivity index (χ0v) is 15.8. The van der Waals surface area contributed by atoms with Crippen molar-refractivity contribution in [2.45, 2.75) is 19.3 Å². The third kappa shape index (κ3) is 2.67. The molecule has 1 saturated heterocycles. The molecular weight excluding hydrogens is 364 g/mol. The van der Waals surface area contributed by atoms with Crippen molar-refractivity contribution in [3.63, 3.8) is 0 Å². The van der Waals surface area contributed by atoms with Gasteiger partial charge in [-0.05, 0) is 43.5 Å². The summed E-state index contributed by atoms with van der Waals surface area (Å²) in [6, 6.07) is 8.23. The van der Waals surface area contributed by atoms with E-state index in [0.29, 0.717) is 0 Å². The van der Waals surface area contributed by atoms with Crippen LogP contribution in [0, 0.1) is 0 Å². The number of hydrogen-bond acceptors (Lipinski definition) is 5. The Labute approximate surface area is 166 Å². The highest BCUT2D eigenvalue weighted by atomic mass is 15.2. The van der Waals surface area contributed by atoms with E-state index in [1.807, 2.05) is 24.5 Å². The second-order valence-electron chi connectivity index (χ2n) is 7.47. The number of anilines is 1. The maximum Gasteiger partial charge on any atom is 0.139 e. The van der Waals surface area contributed by atoms with Gasteiger partial charge in [0.05, 0.1) is 23.1 Å². The Bertz CT molecular complexity index is 1290. The molecule has 0 amide bonds. The lowest BCUT2D eigenvalue weighted by Crippen LogP contribution is -2.29. The first-order valence-electron chi connectivity index (χ1n) is 9.94. The fourth-order valence-electron chi connectivity index (χ4n) is 4.19. The minimum atomic E-state index is 0.799. The van der Waals surface area contributed by atoms with Crippen LogP contribution in [-0.2, 0) is 0 Å². The highest BCUT2D eigenvalue weighted by Crippen LogP contribution is 2.33. The van der Waals surface area contributed by atoms with E-state index in [4.69, 9.17) is 4.98 Å². The van der Waals surface area contributed by atoms with Gasteiger partial charge in [-0.15, -0.1) is 0 Å². The number of pyridine rings is 2. The van der Waals surface area contributed by atoms with Crippen molar-refractivity contribution < 1.29 is 0 Å². The molecular formula is C21H20N8. The van der Waals surface area contributed by atoms with Gasteiger partial charge in [0, 0.05) is 42.1 Å². The molecule has 1 aliphatic heterocycles. The van der Waals surface area contributed by atoms with Crippen LogP contribution in [-0.4, -0.2) is 48.4 Å². The molecule has 6 rings (SSSR count). The predicted octanol–water partition coefficient (Wildman–Crippen LogP) is 3.88. The minimum Gasteiger partial charge on any atom is -0.371 e. The number of fused-ring (bicyclic) bond motifs is 2. The summed E-state index contributed by atoms with van der Waals surface area (Å²) >= 11 is 0. The largest absolute Gasteiger partial charge is 0.371 e. The topological polar surface area (TPSA) is 102 Å². The van der Waals surface area contributed by atoms with Crippen molar-refractivity contribution in [1.82, 2.24) is 35.3 Å². The van der Waals surface area contributed by atoms with Crippen LogP contribution in [0.5, 0.6) is 0 Å². The summed E-state index contributed by atoms with van der Waals surface area (Å²) < 4.78 is 0. The van der Waals surface area contributed by atoms with Crippen LogP contribution in [0.15, 0.2) is 42.9 Å². The van der Waals surface area contributed by atoms with E-state index in [2.05, 4.69) is 47.4 Å². The fraction of sp³-hybridized carbons (Fsp3) is 0.238. The van der Waals surface area contributed by atoms with Crippen LogP contribution in [0.4, 0.5) is 5.69 Å². The normalized spacial score (nSPS) is 14.8. The van der Waals surface area contributed by atoms with E-state index in [1.54, 1.807) is 6.20 Å². The van der Waals surface area contributed by atoms with Crippen LogP contribution in [0.2, 0.25) is 0 Å². The summed E-state index contributed by atoms with van der Waals surface area (Å²) in [5, 5.41) is 15.6. The average Bonchev–Trinajstić information content (AvgIpc) is 3.52. The van der Waals surface area contributed by atoms with Crippen molar-refractivity contribution in [3.8, 4) is 22.6 Å². The maximum atomic E-state index is 4.83. The molecule has 0 radical (unpaired) electrons. The molecule has 0 aliphatic carbocycles. The lowest BCUT2D eigenvalue weighted by Gasteiger charge is -2.29. The number of aromatic amines is 3. The van der Waals surface area contributed by atoms with Crippen LogP contribution in [0.25, 0.3) is 44.7 Å². The Hall–Kier alpha value is -3.68. The lowest BCUT2D eigenvalue weighted by atomic mass is 10.1. The third-order valence-corrected chi connectivity index (χ3v) is 5.66. The quantitative estimate of drug-likeness (QED) is 0.438. The summed E-state index contributed by atoms with van der Waals surface area (Å²) in [6.45, 7) is 2.20.